The zero-order valence-electron chi connectivity index (χ0n) is 8.95. The van der Waals surface area contributed by atoms with Gasteiger partial charge in [-0.25, -0.2) is 0 Å². The Kier molecular flexibility index (Phi) is 3.56. The van der Waals surface area contributed by atoms with Crippen LogP contribution in [0.15, 0.2) is 30.3 Å². The van der Waals surface area contributed by atoms with E-state index in [1.165, 1.54) is 0 Å². The lowest BCUT2D eigenvalue weighted by molar-refractivity contribution is -0.0514. The second-order valence-corrected chi connectivity index (χ2v) is 4.21. The molecule has 4 atom stereocenters. The van der Waals surface area contributed by atoms with E-state index in [-0.39, 0.29) is 12.6 Å². The van der Waals surface area contributed by atoms with E-state index in [2.05, 4.69) is 5.32 Å². The first-order valence-electron chi connectivity index (χ1n) is 5.50. The first kappa shape index (κ1) is 11.5. The van der Waals surface area contributed by atoms with Gasteiger partial charge in [-0.15, -0.1) is 0 Å². The molecular formula is C12H17NO3. The lowest BCUT2D eigenvalue weighted by Gasteiger charge is -2.37. The highest BCUT2D eigenvalue weighted by atomic mass is 16.3. The van der Waals surface area contributed by atoms with Gasteiger partial charge in [-0.3, -0.25) is 0 Å². The van der Waals surface area contributed by atoms with Gasteiger partial charge in [0.05, 0.1) is 24.9 Å². The van der Waals surface area contributed by atoms with Crippen LogP contribution in [0, 0.1) is 0 Å². The van der Waals surface area contributed by atoms with Crippen molar-refractivity contribution in [3.63, 3.8) is 0 Å². The van der Waals surface area contributed by atoms with Crippen molar-refractivity contribution in [3.8, 4) is 0 Å². The van der Waals surface area contributed by atoms with Crippen LogP contribution in [0.25, 0.3) is 0 Å². The first-order chi connectivity index (χ1) is 7.72. The van der Waals surface area contributed by atoms with Crippen molar-refractivity contribution in [2.24, 2.45) is 0 Å². The van der Waals surface area contributed by atoms with E-state index >= 15 is 0 Å². The molecule has 1 aliphatic heterocycles. The van der Waals surface area contributed by atoms with Gasteiger partial charge in [0.25, 0.3) is 0 Å². The Hall–Kier alpha value is -0.940. The number of aliphatic hydroxyl groups excluding tert-OH is 3. The Morgan fingerprint density at radius 1 is 1.19 bits per heavy atom. The van der Waals surface area contributed by atoms with Gasteiger partial charge in [-0.05, 0) is 12.0 Å². The lowest BCUT2D eigenvalue weighted by Crippen LogP contribution is -2.55. The van der Waals surface area contributed by atoms with E-state index in [9.17, 15) is 10.2 Å². The number of nitrogens with one attached hydrogen (secondary N) is 1. The molecule has 4 N–H and O–H groups in total. The Morgan fingerprint density at radius 2 is 1.88 bits per heavy atom. The molecule has 1 saturated heterocycles. The van der Waals surface area contributed by atoms with E-state index in [1.54, 1.807) is 0 Å². The van der Waals surface area contributed by atoms with Crippen LogP contribution in [-0.4, -0.2) is 40.2 Å². The molecule has 0 radical (unpaired) electrons. The number of piperidine rings is 1. The largest absolute Gasteiger partial charge is 0.395 e. The summed E-state index contributed by atoms with van der Waals surface area (Å²) in [4.78, 5) is 0. The molecule has 0 spiro atoms. The highest BCUT2D eigenvalue weighted by molar-refractivity contribution is 5.20. The van der Waals surface area contributed by atoms with E-state index in [1.807, 2.05) is 30.3 Å². The van der Waals surface area contributed by atoms with Crippen LogP contribution in [0.3, 0.4) is 0 Å². The fourth-order valence-electron chi connectivity index (χ4n) is 2.15. The van der Waals surface area contributed by atoms with Gasteiger partial charge in [0, 0.05) is 6.04 Å². The van der Waals surface area contributed by atoms with Crippen molar-refractivity contribution in [3.05, 3.63) is 35.9 Å². The molecule has 0 amide bonds. The summed E-state index contributed by atoms with van der Waals surface area (Å²) in [6, 6.07) is 9.25. The van der Waals surface area contributed by atoms with Gasteiger partial charge in [-0.2, -0.15) is 0 Å². The predicted molar refractivity (Wildman–Crippen MR) is 59.8 cm³/mol. The summed E-state index contributed by atoms with van der Waals surface area (Å²) in [6.45, 7) is -0.179. The molecule has 0 saturated carbocycles. The Labute approximate surface area is 94.5 Å². The fraction of sp³-hybridized carbons (Fsp3) is 0.500. The molecule has 1 aromatic carbocycles. The highest BCUT2D eigenvalue weighted by Crippen LogP contribution is 2.25. The van der Waals surface area contributed by atoms with Gasteiger partial charge in [0.1, 0.15) is 0 Å². The minimum Gasteiger partial charge on any atom is -0.395 e. The number of rotatable bonds is 2. The maximum atomic E-state index is 9.71. The quantitative estimate of drug-likeness (QED) is 0.560. The van der Waals surface area contributed by atoms with Crippen molar-refractivity contribution in [1.29, 1.82) is 0 Å². The minimum atomic E-state index is -0.898. The molecule has 1 aliphatic rings. The van der Waals surface area contributed by atoms with Gasteiger partial charge >= 0.3 is 0 Å². The maximum Gasteiger partial charge on any atom is 0.0974 e. The third kappa shape index (κ3) is 2.25. The number of hydrogen-bond acceptors (Lipinski definition) is 4. The van der Waals surface area contributed by atoms with E-state index in [4.69, 9.17) is 5.11 Å². The summed E-state index contributed by atoms with van der Waals surface area (Å²) < 4.78 is 0. The molecule has 2 rings (SSSR count). The van der Waals surface area contributed by atoms with Crippen LogP contribution in [0.2, 0.25) is 0 Å². The minimum absolute atomic E-state index is 0.0169. The molecule has 1 heterocycles. The monoisotopic (exact) mass is 223 g/mol. The predicted octanol–water partition coefficient (Wildman–Crippen LogP) is -0.196. The zero-order valence-corrected chi connectivity index (χ0v) is 8.95. The van der Waals surface area contributed by atoms with Crippen LogP contribution in [0.4, 0.5) is 0 Å². The Bertz CT molecular complexity index is 330. The van der Waals surface area contributed by atoms with Crippen LogP contribution >= 0.6 is 0 Å². The Balaban J connectivity index is 2.13. The maximum absolute atomic E-state index is 9.71. The summed E-state index contributed by atoms with van der Waals surface area (Å²) in [5, 5.41) is 31.6. The summed E-state index contributed by atoms with van der Waals surface area (Å²) in [6.07, 6.45) is -1.23. The average Bonchev–Trinajstić information content (AvgIpc) is 2.33. The highest BCUT2D eigenvalue weighted by Gasteiger charge is 2.35. The van der Waals surface area contributed by atoms with Gasteiger partial charge in [0.2, 0.25) is 0 Å². The van der Waals surface area contributed by atoms with Crippen LogP contribution in [-0.2, 0) is 0 Å². The molecule has 4 heteroatoms. The summed E-state index contributed by atoms with van der Waals surface area (Å²) >= 11 is 0. The molecule has 0 aromatic heterocycles. The SMILES string of the molecule is OC[C@H]1N[C@@H](c2ccccc2)C[C@@H](O)[C@@H]1O. The number of benzene rings is 1. The third-order valence-electron chi connectivity index (χ3n) is 3.10. The number of hydrogen-bond donors (Lipinski definition) is 4. The van der Waals surface area contributed by atoms with Crippen molar-refractivity contribution in [2.75, 3.05) is 6.61 Å². The standard InChI is InChI=1S/C12H17NO3/c14-7-10-12(16)11(15)6-9(13-10)8-4-2-1-3-5-8/h1-5,9-16H,6-7H2/t9-,10-,11-,12-/m1/s1. The molecule has 0 bridgehead atoms. The average molecular weight is 223 g/mol. The van der Waals surface area contributed by atoms with Crippen molar-refractivity contribution < 1.29 is 15.3 Å². The molecule has 4 nitrogen and oxygen atoms in total. The molecule has 88 valence electrons. The lowest BCUT2D eigenvalue weighted by atomic mass is 9.89. The number of aliphatic hydroxyl groups is 3. The van der Waals surface area contributed by atoms with Crippen LogP contribution < -0.4 is 5.32 Å². The topological polar surface area (TPSA) is 72.7 Å². The van der Waals surface area contributed by atoms with E-state index in [0.29, 0.717) is 6.42 Å². The Morgan fingerprint density at radius 3 is 2.50 bits per heavy atom. The van der Waals surface area contributed by atoms with Crippen LogP contribution in [0.5, 0.6) is 0 Å². The van der Waals surface area contributed by atoms with Gasteiger partial charge in [0.15, 0.2) is 0 Å². The normalized spacial score (nSPS) is 34.9. The summed E-state index contributed by atoms with van der Waals surface area (Å²) in [7, 11) is 0. The molecule has 1 aromatic rings. The van der Waals surface area contributed by atoms with Gasteiger partial charge in [-0.1, -0.05) is 30.3 Å². The molecule has 0 aliphatic carbocycles. The summed E-state index contributed by atoms with van der Waals surface area (Å²) in [5.74, 6) is 0. The second-order valence-electron chi connectivity index (χ2n) is 4.21. The molecule has 1 fully saturated rings. The second kappa shape index (κ2) is 4.93. The van der Waals surface area contributed by atoms with E-state index in [0.717, 1.165) is 5.56 Å². The molecular weight excluding hydrogens is 206 g/mol. The third-order valence-corrected chi connectivity index (χ3v) is 3.10. The van der Waals surface area contributed by atoms with Gasteiger partial charge < -0.3 is 20.6 Å². The zero-order chi connectivity index (χ0) is 11.5. The molecule has 16 heavy (non-hydrogen) atoms. The van der Waals surface area contributed by atoms with Crippen LogP contribution in [0.1, 0.15) is 18.0 Å². The molecule has 0 unspecified atom stereocenters. The van der Waals surface area contributed by atoms with E-state index < -0.39 is 18.2 Å². The van der Waals surface area contributed by atoms with Crippen molar-refractivity contribution in [2.45, 2.75) is 30.7 Å². The van der Waals surface area contributed by atoms with Crippen molar-refractivity contribution >= 4 is 0 Å². The fourth-order valence-corrected chi connectivity index (χ4v) is 2.15. The van der Waals surface area contributed by atoms with Crippen molar-refractivity contribution in [1.82, 2.24) is 5.32 Å². The first-order valence-corrected chi connectivity index (χ1v) is 5.50. The smallest absolute Gasteiger partial charge is 0.0974 e. The summed E-state index contributed by atoms with van der Waals surface area (Å²) in [5.41, 5.74) is 1.06.